The third-order valence-electron chi connectivity index (χ3n) is 5.08. The lowest BCUT2D eigenvalue weighted by molar-refractivity contribution is -0.153. The van der Waals surface area contributed by atoms with E-state index in [-0.39, 0.29) is 18.5 Å². The van der Waals surface area contributed by atoms with Crippen LogP contribution < -0.4 is 9.47 Å². The van der Waals surface area contributed by atoms with Crippen LogP contribution in [-0.4, -0.2) is 42.1 Å². The molecule has 4 rings (SSSR count). The van der Waals surface area contributed by atoms with Crippen molar-refractivity contribution < 1.29 is 23.8 Å². The first-order valence-electron chi connectivity index (χ1n) is 9.11. The Kier molecular flexibility index (Phi) is 4.71. The second kappa shape index (κ2) is 7.31. The molecule has 1 atom stereocenters. The molecular weight excluding hydrogens is 346 g/mol. The zero-order chi connectivity index (χ0) is 18.7. The number of cyclic esters (lactones) is 1. The van der Waals surface area contributed by atoms with Gasteiger partial charge in [-0.25, -0.2) is 4.79 Å². The van der Waals surface area contributed by atoms with Crippen LogP contribution in [0.3, 0.4) is 0 Å². The number of carbonyl (C=O) groups excluding carboxylic acids is 2. The Hall–Kier alpha value is -3.02. The number of benzene rings is 2. The van der Waals surface area contributed by atoms with Crippen molar-refractivity contribution in [1.82, 2.24) is 4.90 Å². The van der Waals surface area contributed by atoms with Crippen molar-refractivity contribution in [2.45, 2.75) is 24.8 Å². The fraction of sp³-hybridized carbons (Fsp3) is 0.333. The first-order valence-corrected chi connectivity index (χ1v) is 9.11. The van der Waals surface area contributed by atoms with E-state index in [1.54, 1.807) is 29.2 Å². The van der Waals surface area contributed by atoms with Gasteiger partial charge < -0.3 is 19.1 Å². The number of para-hydroxylation sites is 1. The monoisotopic (exact) mass is 367 g/mol. The molecule has 6 heteroatoms. The van der Waals surface area contributed by atoms with Gasteiger partial charge in [-0.05, 0) is 49.2 Å². The molecule has 0 saturated carbocycles. The zero-order valence-electron chi connectivity index (χ0n) is 14.9. The number of carbonyl (C=O) groups is 2. The summed E-state index contributed by atoms with van der Waals surface area (Å²) in [6.45, 7) is 0.849. The average molecular weight is 367 g/mol. The van der Waals surface area contributed by atoms with Crippen LogP contribution >= 0.6 is 0 Å². The third kappa shape index (κ3) is 3.47. The molecular formula is C21H21NO5. The Morgan fingerprint density at radius 3 is 2.41 bits per heavy atom. The standard InChI is InChI=1S/C21H21NO5/c23-19(22-13-4-11-21(22)12-14-25-20(21)24)15-26-16-7-9-18(10-8-16)27-17-5-2-1-3-6-17/h1-3,5-10H,4,11-15H2/t21-/m1/s1. The molecule has 2 aliphatic rings. The summed E-state index contributed by atoms with van der Waals surface area (Å²) in [5, 5.41) is 0. The molecule has 2 aromatic carbocycles. The van der Waals surface area contributed by atoms with Crippen LogP contribution in [0.1, 0.15) is 19.3 Å². The van der Waals surface area contributed by atoms with E-state index >= 15 is 0 Å². The van der Waals surface area contributed by atoms with Gasteiger partial charge in [0.2, 0.25) is 0 Å². The van der Waals surface area contributed by atoms with E-state index in [1.807, 2.05) is 30.3 Å². The van der Waals surface area contributed by atoms with Gasteiger partial charge in [0.15, 0.2) is 6.61 Å². The lowest BCUT2D eigenvalue weighted by Crippen LogP contribution is -2.52. The Morgan fingerprint density at radius 1 is 1.00 bits per heavy atom. The minimum atomic E-state index is -0.770. The highest BCUT2D eigenvalue weighted by atomic mass is 16.5. The summed E-state index contributed by atoms with van der Waals surface area (Å²) in [7, 11) is 0. The number of hydrogen-bond acceptors (Lipinski definition) is 5. The maximum atomic E-state index is 12.6. The summed E-state index contributed by atoms with van der Waals surface area (Å²) in [6.07, 6.45) is 2.05. The van der Waals surface area contributed by atoms with Gasteiger partial charge in [-0.2, -0.15) is 0 Å². The average Bonchev–Trinajstić information content (AvgIpc) is 3.29. The molecule has 0 aliphatic carbocycles. The Labute approximate surface area is 157 Å². The van der Waals surface area contributed by atoms with E-state index in [4.69, 9.17) is 14.2 Å². The summed E-state index contributed by atoms with van der Waals surface area (Å²) >= 11 is 0. The Morgan fingerprint density at radius 2 is 1.70 bits per heavy atom. The van der Waals surface area contributed by atoms with E-state index in [0.717, 1.165) is 12.2 Å². The fourth-order valence-electron chi connectivity index (χ4n) is 3.71. The van der Waals surface area contributed by atoms with Crippen LogP contribution in [0.15, 0.2) is 54.6 Å². The quantitative estimate of drug-likeness (QED) is 0.760. The first kappa shape index (κ1) is 17.4. The summed E-state index contributed by atoms with van der Waals surface area (Å²) in [5.41, 5.74) is -0.770. The largest absolute Gasteiger partial charge is 0.484 e. The summed E-state index contributed by atoms with van der Waals surface area (Å²) in [5.74, 6) is 1.55. The SMILES string of the molecule is O=C(COc1ccc(Oc2ccccc2)cc1)N1CCC[C@]12CCOC2=O. The van der Waals surface area contributed by atoms with Crippen LogP contribution in [0.5, 0.6) is 17.2 Å². The molecule has 2 aromatic rings. The van der Waals surface area contributed by atoms with Gasteiger partial charge in [-0.1, -0.05) is 18.2 Å². The van der Waals surface area contributed by atoms with Crippen LogP contribution in [0.4, 0.5) is 0 Å². The molecule has 0 radical (unpaired) electrons. The number of nitrogens with zero attached hydrogens (tertiary/aromatic N) is 1. The highest BCUT2D eigenvalue weighted by Gasteiger charge is 2.53. The normalized spacial score (nSPS) is 21.3. The molecule has 2 aliphatic heterocycles. The maximum Gasteiger partial charge on any atom is 0.332 e. The van der Waals surface area contributed by atoms with Gasteiger partial charge in [0.05, 0.1) is 6.61 Å². The molecule has 1 amide bonds. The number of likely N-dealkylation sites (tertiary alicyclic amines) is 1. The van der Waals surface area contributed by atoms with Crippen molar-refractivity contribution in [1.29, 1.82) is 0 Å². The van der Waals surface area contributed by atoms with E-state index < -0.39 is 5.54 Å². The number of esters is 1. The Bertz CT molecular complexity index is 816. The number of rotatable bonds is 5. The molecule has 2 saturated heterocycles. The predicted octanol–water partition coefficient (Wildman–Crippen LogP) is 3.17. The molecule has 0 N–H and O–H groups in total. The van der Waals surface area contributed by atoms with Gasteiger partial charge in [-0.15, -0.1) is 0 Å². The number of amides is 1. The second-order valence-electron chi connectivity index (χ2n) is 6.74. The van der Waals surface area contributed by atoms with Crippen molar-refractivity contribution in [3.63, 3.8) is 0 Å². The minimum Gasteiger partial charge on any atom is -0.484 e. The molecule has 0 aromatic heterocycles. The van der Waals surface area contributed by atoms with Crippen molar-refractivity contribution in [2.24, 2.45) is 0 Å². The molecule has 0 bridgehead atoms. The second-order valence-corrected chi connectivity index (χ2v) is 6.74. The molecule has 1 spiro atoms. The van der Waals surface area contributed by atoms with E-state index in [1.165, 1.54) is 0 Å². The van der Waals surface area contributed by atoms with Crippen LogP contribution in [0, 0.1) is 0 Å². The van der Waals surface area contributed by atoms with Gasteiger partial charge in [0.25, 0.3) is 5.91 Å². The first-order chi connectivity index (χ1) is 13.2. The van der Waals surface area contributed by atoms with Crippen molar-refractivity contribution >= 4 is 11.9 Å². The number of hydrogen-bond donors (Lipinski definition) is 0. The summed E-state index contributed by atoms with van der Waals surface area (Å²) in [6, 6.07) is 16.6. The summed E-state index contributed by atoms with van der Waals surface area (Å²) < 4.78 is 16.5. The minimum absolute atomic E-state index is 0.103. The van der Waals surface area contributed by atoms with Crippen molar-refractivity contribution in [2.75, 3.05) is 19.8 Å². The van der Waals surface area contributed by atoms with Crippen LogP contribution in [0.25, 0.3) is 0 Å². The predicted molar refractivity (Wildman–Crippen MR) is 97.7 cm³/mol. The van der Waals surface area contributed by atoms with Crippen LogP contribution in [0.2, 0.25) is 0 Å². The molecule has 0 unspecified atom stereocenters. The van der Waals surface area contributed by atoms with Gasteiger partial charge in [-0.3, -0.25) is 4.79 Å². The van der Waals surface area contributed by atoms with E-state index in [9.17, 15) is 9.59 Å². The third-order valence-corrected chi connectivity index (χ3v) is 5.08. The van der Waals surface area contributed by atoms with Crippen LogP contribution in [-0.2, 0) is 14.3 Å². The molecule has 140 valence electrons. The Balaban J connectivity index is 1.34. The lowest BCUT2D eigenvalue weighted by atomic mass is 9.94. The highest BCUT2D eigenvalue weighted by Crippen LogP contribution is 2.37. The molecule has 2 heterocycles. The molecule has 6 nitrogen and oxygen atoms in total. The van der Waals surface area contributed by atoms with E-state index in [0.29, 0.717) is 37.5 Å². The van der Waals surface area contributed by atoms with Crippen molar-refractivity contribution in [3.05, 3.63) is 54.6 Å². The fourth-order valence-corrected chi connectivity index (χ4v) is 3.71. The molecule has 27 heavy (non-hydrogen) atoms. The van der Waals surface area contributed by atoms with Crippen molar-refractivity contribution in [3.8, 4) is 17.2 Å². The smallest absolute Gasteiger partial charge is 0.332 e. The highest BCUT2D eigenvalue weighted by molar-refractivity contribution is 5.90. The maximum absolute atomic E-state index is 12.6. The summed E-state index contributed by atoms with van der Waals surface area (Å²) in [4.78, 5) is 26.3. The van der Waals surface area contributed by atoms with Gasteiger partial charge >= 0.3 is 5.97 Å². The lowest BCUT2D eigenvalue weighted by Gasteiger charge is -2.31. The number of ether oxygens (including phenoxy) is 3. The van der Waals surface area contributed by atoms with E-state index in [2.05, 4.69) is 0 Å². The molecule has 2 fully saturated rings. The topological polar surface area (TPSA) is 65.1 Å². The van der Waals surface area contributed by atoms with Gasteiger partial charge in [0.1, 0.15) is 22.8 Å². The van der Waals surface area contributed by atoms with Gasteiger partial charge in [0, 0.05) is 13.0 Å². The zero-order valence-corrected chi connectivity index (χ0v) is 14.9.